The van der Waals surface area contributed by atoms with Gasteiger partial charge in [-0.05, 0) is 47.7 Å². The summed E-state index contributed by atoms with van der Waals surface area (Å²) >= 11 is 0. The van der Waals surface area contributed by atoms with Gasteiger partial charge >= 0.3 is 0 Å². The number of carbonyl (C=O) groups excluding carboxylic acids is 1. The number of hydrogen-bond donors (Lipinski definition) is 1. The number of amides is 1. The molecule has 0 fully saturated rings. The Bertz CT molecular complexity index is 809. The van der Waals surface area contributed by atoms with Crippen LogP contribution in [0.25, 0.3) is 0 Å². The van der Waals surface area contributed by atoms with Crippen molar-refractivity contribution in [2.24, 2.45) is 0 Å². The van der Waals surface area contributed by atoms with E-state index in [1.54, 1.807) is 6.07 Å². The van der Waals surface area contributed by atoms with E-state index >= 15 is 0 Å². The Kier molecular flexibility index (Phi) is 6.62. The Balaban J connectivity index is 1.58. The Labute approximate surface area is 164 Å². The highest BCUT2D eigenvalue weighted by atomic mass is 19.3. The standard InChI is InChI=1S/C22H26F2N2O2/c1-15(25-16(2)27)18-5-3-17(4-6-18)12-26-10-9-19-11-21(28-14-22(23)24)8-7-20(19)13-26/h3-8,11,15,22H,9-10,12-14H2,1-2H3,(H,25,27). The summed E-state index contributed by atoms with van der Waals surface area (Å²) in [6, 6.07) is 13.9. The molecule has 0 bridgehead atoms. The zero-order valence-corrected chi connectivity index (χ0v) is 16.3. The number of halogens is 2. The summed E-state index contributed by atoms with van der Waals surface area (Å²) in [7, 11) is 0. The minimum atomic E-state index is -2.46. The van der Waals surface area contributed by atoms with Crippen molar-refractivity contribution in [3.8, 4) is 5.75 Å². The number of fused-ring (bicyclic) bond motifs is 1. The molecule has 4 nitrogen and oxygen atoms in total. The molecule has 1 N–H and O–H groups in total. The van der Waals surface area contributed by atoms with E-state index in [2.05, 4.69) is 34.5 Å². The third kappa shape index (κ3) is 5.52. The molecule has 1 aliphatic heterocycles. The lowest BCUT2D eigenvalue weighted by Gasteiger charge is -2.29. The number of carbonyl (C=O) groups is 1. The molecule has 6 heteroatoms. The third-order valence-corrected chi connectivity index (χ3v) is 4.95. The zero-order valence-electron chi connectivity index (χ0n) is 16.3. The first kappa shape index (κ1) is 20.3. The van der Waals surface area contributed by atoms with Crippen molar-refractivity contribution < 1.29 is 18.3 Å². The van der Waals surface area contributed by atoms with E-state index in [1.165, 1.54) is 23.6 Å². The van der Waals surface area contributed by atoms with Gasteiger partial charge in [-0.15, -0.1) is 0 Å². The average molecular weight is 388 g/mol. The topological polar surface area (TPSA) is 41.6 Å². The van der Waals surface area contributed by atoms with E-state index in [0.717, 1.165) is 31.6 Å². The van der Waals surface area contributed by atoms with Crippen molar-refractivity contribution in [2.75, 3.05) is 13.2 Å². The fourth-order valence-electron chi connectivity index (χ4n) is 3.53. The van der Waals surface area contributed by atoms with Crippen LogP contribution in [0.4, 0.5) is 8.78 Å². The summed E-state index contributed by atoms with van der Waals surface area (Å²) in [6.07, 6.45) is -1.59. The molecule has 0 saturated heterocycles. The van der Waals surface area contributed by atoms with E-state index in [9.17, 15) is 13.6 Å². The first-order valence-corrected chi connectivity index (χ1v) is 9.52. The van der Waals surface area contributed by atoms with E-state index in [0.29, 0.717) is 5.75 Å². The number of benzene rings is 2. The monoisotopic (exact) mass is 388 g/mol. The summed E-state index contributed by atoms with van der Waals surface area (Å²) in [5, 5.41) is 2.89. The smallest absolute Gasteiger partial charge is 0.272 e. The lowest BCUT2D eigenvalue weighted by molar-refractivity contribution is -0.119. The Morgan fingerprint density at radius 3 is 2.61 bits per heavy atom. The lowest BCUT2D eigenvalue weighted by atomic mass is 9.98. The van der Waals surface area contributed by atoms with Gasteiger partial charge in [0.05, 0.1) is 6.04 Å². The fraction of sp³-hybridized carbons (Fsp3) is 0.409. The SMILES string of the molecule is CC(=O)NC(C)c1ccc(CN2CCc3cc(OCC(F)F)ccc3C2)cc1. The van der Waals surface area contributed by atoms with Gasteiger partial charge in [-0.3, -0.25) is 9.69 Å². The minimum Gasteiger partial charge on any atom is -0.488 e. The van der Waals surface area contributed by atoms with Crippen LogP contribution in [-0.2, 0) is 24.3 Å². The van der Waals surface area contributed by atoms with Crippen molar-refractivity contribution in [1.29, 1.82) is 0 Å². The van der Waals surface area contributed by atoms with Gasteiger partial charge < -0.3 is 10.1 Å². The fourth-order valence-corrected chi connectivity index (χ4v) is 3.53. The molecule has 0 spiro atoms. The summed E-state index contributed by atoms with van der Waals surface area (Å²) in [6.45, 7) is 5.51. The molecule has 0 radical (unpaired) electrons. The molecule has 2 aromatic rings. The summed E-state index contributed by atoms with van der Waals surface area (Å²) in [5.74, 6) is 0.475. The van der Waals surface area contributed by atoms with Crippen LogP contribution < -0.4 is 10.1 Å². The molecule has 2 aromatic carbocycles. The molecule has 3 rings (SSSR count). The number of ether oxygens (including phenoxy) is 1. The molecular weight excluding hydrogens is 362 g/mol. The molecule has 1 amide bonds. The highest BCUT2D eigenvalue weighted by Crippen LogP contribution is 2.25. The molecule has 1 heterocycles. The zero-order chi connectivity index (χ0) is 20.1. The van der Waals surface area contributed by atoms with Crippen molar-refractivity contribution in [3.05, 3.63) is 64.7 Å². The normalized spacial score (nSPS) is 15.2. The highest BCUT2D eigenvalue weighted by Gasteiger charge is 2.17. The molecule has 1 aliphatic rings. The van der Waals surface area contributed by atoms with Crippen LogP contribution in [0.1, 0.15) is 42.1 Å². The first-order valence-electron chi connectivity index (χ1n) is 9.52. The van der Waals surface area contributed by atoms with Gasteiger partial charge in [-0.1, -0.05) is 30.3 Å². The molecule has 1 unspecified atom stereocenters. The van der Waals surface area contributed by atoms with Crippen LogP contribution in [0.3, 0.4) is 0 Å². The maximum Gasteiger partial charge on any atom is 0.272 e. The van der Waals surface area contributed by atoms with E-state index < -0.39 is 13.0 Å². The van der Waals surface area contributed by atoms with Gasteiger partial charge in [0.25, 0.3) is 6.43 Å². The van der Waals surface area contributed by atoms with Crippen LogP contribution in [0, 0.1) is 0 Å². The molecule has 150 valence electrons. The molecular formula is C22H26F2N2O2. The van der Waals surface area contributed by atoms with Gasteiger partial charge in [0, 0.05) is 26.6 Å². The van der Waals surface area contributed by atoms with Gasteiger partial charge in [0.1, 0.15) is 12.4 Å². The molecule has 28 heavy (non-hydrogen) atoms. The predicted octanol–water partition coefficient (Wildman–Crippen LogP) is 4.09. The number of hydrogen-bond acceptors (Lipinski definition) is 3. The summed E-state index contributed by atoms with van der Waals surface area (Å²) in [4.78, 5) is 13.6. The van der Waals surface area contributed by atoms with E-state index in [1.807, 2.05) is 19.1 Å². The van der Waals surface area contributed by atoms with Gasteiger partial charge in [-0.25, -0.2) is 8.78 Å². The molecule has 0 aromatic heterocycles. The Hall–Kier alpha value is -2.47. The van der Waals surface area contributed by atoms with Crippen LogP contribution in [0.15, 0.2) is 42.5 Å². The van der Waals surface area contributed by atoms with E-state index in [-0.39, 0.29) is 11.9 Å². The Morgan fingerprint density at radius 1 is 1.18 bits per heavy atom. The third-order valence-electron chi connectivity index (χ3n) is 4.95. The number of alkyl halides is 2. The molecule has 0 aliphatic carbocycles. The van der Waals surface area contributed by atoms with Crippen LogP contribution in [0.5, 0.6) is 5.75 Å². The van der Waals surface area contributed by atoms with Crippen molar-refractivity contribution in [3.63, 3.8) is 0 Å². The largest absolute Gasteiger partial charge is 0.488 e. The number of rotatable bonds is 7. The van der Waals surface area contributed by atoms with E-state index in [4.69, 9.17) is 4.74 Å². The molecule has 1 atom stereocenters. The second-order valence-corrected chi connectivity index (χ2v) is 7.26. The molecule has 0 saturated carbocycles. The maximum atomic E-state index is 12.3. The van der Waals surface area contributed by atoms with Crippen LogP contribution in [-0.4, -0.2) is 30.4 Å². The van der Waals surface area contributed by atoms with Crippen LogP contribution >= 0.6 is 0 Å². The Morgan fingerprint density at radius 2 is 1.93 bits per heavy atom. The maximum absolute atomic E-state index is 12.3. The van der Waals surface area contributed by atoms with Gasteiger partial charge in [-0.2, -0.15) is 0 Å². The van der Waals surface area contributed by atoms with Gasteiger partial charge in [0.2, 0.25) is 5.91 Å². The predicted molar refractivity (Wildman–Crippen MR) is 104 cm³/mol. The van der Waals surface area contributed by atoms with Crippen molar-refractivity contribution >= 4 is 5.91 Å². The highest BCUT2D eigenvalue weighted by molar-refractivity contribution is 5.73. The second-order valence-electron chi connectivity index (χ2n) is 7.26. The number of nitrogens with one attached hydrogen (secondary N) is 1. The summed E-state index contributed by atoms with van der Waals surface area (Å²) < 4.78 is 29.7. The number of nitrogens with zero attached hydrogens (tertiary/aromatic N) is 1. The van der Waals surface area contributed by atoms with Gasteiger partial charge in [0.15, 0.2) is 0 Å². The van der Waals surface area contributed by atoms with Crippen LogP contribution in [0.2, 0.25) is 0 Å². The van der Waals surface area contributed by atoms with Crippen molar-refractivity contribution in [1.82, 2.24) is 10.2 Å². The minimum absolute atomic E-state index is 0.00472. The lowest BCUT2D eigenvalue weighted by Crippen LogP contribution is -2.30. The second kappa shape index (κ2) is 9.15. The van der Waals surface area contributed by atoms with Crippen molar-refractivity contribution in [2.45, 2.75) is 45.8 Å². The quantitative estimate of drug-likeness (QED) is 0.777. The first-order chi connectivity index (χ1) is 13.4. The summed E-state index contributed by atoms with van der Waals surface area (Å²) in [5.41, 5.74) is 4.69. The average Bonchev–Trinajstić information content (AvgIpc) is 2.66.